The van der Waals surface area contributed by atoms with E-state index >= 15 is 0 Å². The van der Waals surface area contributed by atoms with Crippen LogP contribution in [0, 0.1) is 6.92 Å². The van der Waals surface area contributed by atoms with Crippen molar-refractivity contribution in [2.75, 3.05) is 44.3 Å². The number of nitrogens with zero attached hydrogens (tertiary/aromatic N) is 2. The SMILES string of the molecule is Cc1ccc(N2CC(N3CCOCC3)C2)cc1. The molecule has 0 aromatic heterocycles. The van der Waals surface area contributed by atoms with Crippen LogP contribution in [0.3, 0.4) is 0 Å². The van der Waals surface area contributed by atoms with Gasteiger partial charge in [-0.25, -0.2) is 0 Å². The van der Waals surface area contributed by atoms with Gasteiger partial charge >= 0.3 is 0 Å². The summed E-state index contributed by atoms with van der Waals surface area (Å²) in [5, 5.41) is 0. The smallest absolute Gasteiger partial charge is 0.0594 e. The molecule has 3 rings (SSSR count). The topological polar surface area (TPSA) is 15.7 Å². The molecule has 0 saturated carbocycles. The summed E-state index contributed by atoms with van der Waals surface area (Å²) in [5.74, 6) is 0. The normalized spacial score (nSPS) is 22.5. The van der Waals surface area contributed by atoms with Gasteiger partial charge in [-0.1, -0.05) is 17.7 Å². The Morgan fingerprint density at radius 3 is 2.35 bits per heavy atom. The Balaban J connectivity index is 1.55. The van der Waals surface area contributed by atoms with Gasteiger partial charge in [0.15, 0.2) is 0 Å². The summed E-state index contributed by atoms with van der Waals surface area (Å²) >= 11 is 0. The lowest BCUT2D eigenvalue weighted by Crippen LogP contribution is -2.61. The van der Waals surface area contributed by atoms with Gasteiger partial charge in [-0.05, 0) is 19.1 Å². The second-order valence-electron chi connectivity index (χ2n) is 5.04. The minimum atomic E-state index is 0.736. The van der Waals surface area contributed by atoms with E-state index in [0.29, 0.717) is 0 Å². The summed E-state index contributed by atoms with van der Waals surface area (Å²) in [6, 6.07) is 9.57. The molecule has 2 saturated heterocycles. The first-order valence-corrected chi connectivity index (χ1v) is 6.46. The zero-order valence-electron chi connectivity index (χ0n) is 10.4. The maximum absolute atomic E-state index is 5.39. The van der Waals surface area contributed by atoms with E-state index < -0.39 is 0 Å². The standard InChI is InChI=1S/C14H20N2O/c1-12-2-4-13(5-3-12)16-10-14(11-16)15-6-8-17-9-7-15/h2-5,14H,6-11H2,1H3. The van der Waals surface area contributed by atoms with Crippen LogP contribution in [0.15, 0.2) is 24.3 Å². The van der Waals surface area contributed by atoms with Gasteiger partial charge in [0.05, 0.1) is 13.2 Å². The molecule has 92 valence electrons. The molecule has 0 atom stereocenters. The second kappa shape index (κ2) is 4.67. The Hall–Kier alpha value is -1.06. The van der Waals surface area contributed by atoms with Crippen LogP contribution in [0.4, 0.5) is 5.69 Å². The molecule has 0 radical (unpaired) electrons. The summed E-state index contributed by atoms with van der Waals surface area (Å²) in [6.07, 6.45) is 0. The Bertz CT molecular complexity index is 364. The van der Waals surface area contributed by atoms with Crippen LogP contribution in [0.2, 0.25) is 0 Å². The number of rotatable bonds is 2. The number of morpholine rings is 1. The van der Waals surface area contributed by atoms with Crippen molar-refractivity contribution in [1.29, 1.82) is 0 Å². The Morgan fingerprint density at radius 2 is 1.71 bits per heavy atom. The largest absolute Gasteiger partial charge is 0.379 e. The van der Waals surface area contributed by atoms with Crippen LogP contribution in [0.25, 0.3) is 0 Å². The van der Waals surface area contributed by atoms with Gasteiger partial charge < -0.3 is 9.64 Å². The quantitative estimate of drug-likeness (QED) is 0.769. The van der Waals surface area contributed by atoms with Crippen molar-refractivity contribution in [2.45, 2.75) is 13.0 Å². The highest BCUT2D eigenvalue weighted by atomic mass is 16.5. The van der Waals surface area contributed by atoms with Gasteiger partial charge in [0, 0.05) is 37.9 Å². The minimum absolute atomic E-state index is 0.736. The lowest BCUT2D eigenvalue weighted by molar-refractivity contribution is 0.0105. The van der Waals surface area contributed by atoms with Crippen molar-refractivity contribution in [1.82, 2.24) is 4.90 Å². The third-order valence-corrected chi connectivity index (χ3v) is 3.82. The molecule has 1 aromatic carbocycles. The summed E-state index contributed by atoms with van der Waals surface area (Å²) in [6.45, 7) is 8.49. The molecule has 17 heavy (non-hydrogen) atoms. The molecule has 2 heterocycles. The van der Waals surface area contributed by atoms with E-state index in [1.165, 1.54) is 24.3 Å². The fraction of sp³-hybridized carbons (Fsp3) is 0.571. The molecule has 0 N–H and O–H groups in total. The van der Waals surface area contributed by atoms with Crippen molar-refractivity contribution >= 4 is 5.69 Å². The molecular weight excluding hydrogens is 212 g/mol. The molecule has 0 spiro atoms. The monoisotopic (exact) mass is 232 g/mol. The molecule has 0 amide bonds. The number of anilines is 1. The lowest BCUT2D eigenvalue weighted by atomic mass is 10.0. The van der Waals surface area contributed by atoms with Crippen LogP contribution in [-0.4, -0.2) is 50.3 Å². The van der Waals surface area contributed by atoms with E-state index in [2.05, 4.69) is 41.0 Å². The first kappa shape index (κ1) is 11.1. The predicted molar refractivity (Wildman–Crippen MR) is 69.6 cm³/mol. The first-order valence-electron chi connectivity index (χ1n) is 6.46. The van der Waals surface area contributed by atoms with E-state index in [1.54, 1.807) is 0 Å². The Morgan fingerprint density at radius 1 is 1.06 bits per heavy atom. The summed E-state index contributed by atoms with van der Waals surface area (Å²) in [7, 11) is 0. The number of benzene rings is 1. The van der Waals surface area contributed by atoms with Crippen LogP contribution < -0.4 is 4.90 Å². The molecule has 0 aliphatic carbocycles. The Labute approximate surface area is 103 Å². The zero-order valence-corrected chi connectivity index (χ0v) is 10.4. The number of ether oxygens (including phenoxy) is 1. The summed E-state index contributed by atoms with van der Waals surface area (Å²) < 4.78 is 5.39. The number of hydrogen-bond acceptors (Lipinski definition) is 3. The Kier molecular flexibility index (Phi) is 3.04. The first-order chi connectivity index (χ1) is 8.33. The van der Waals surface area contributed by atoms with Gasteiger partial charge in [0.2, 0.25) is 0 Å². The maximum atomic E-state index is 5.39. The average Bonchev–Trinajstić information content (AvgIpc) is 2.31. The van der Waals surface area contributed by atoms with Gasteiger partial charge in [0.25, 0.3) is 0 Å². The fourth-order valence-electron chi connectivity index (χ4n) is 2.60. The van der Waals surface area contributed by atoms with Crippen molar-refractivity contribution in [3.63, 3.8) is 0 Å². The fourth-order valence-corrected chi connectivity index (χ4v) is 2.60. The van der Waals surface area contributed by atoms with E-state index in [1.807, 2.05) is 0 Å². The van der Waals surface area contributed by atoms with Crippen LogP contribution in [0.5, 0.6) is 0 Å². The number of aryl methyl sites for hydroxylation is 1. The molecule has 1 aromatic rings. The number of hydrogen-bond donors (Lipinski definition) is 0. The van der Waals surface area contributed by atoms with Gasteiger partial charge in [-0.15, -0.1) is 0 Å². The third-order valence-electron chi connectivity index (χ3n) is 3.82. The molecular formula is C14H20N2O. The summed E-state index contributed by atoms with van der Waals surface area (Å²) in [5.41, 5.74) is 2.69. The molecule has 2 fully saturated rings. The molecule has 3 nitrogen and oxygen atoms in total. The van der Waals surface area contributed by atoms with E-state index in [4.69, 9.17) is 4.74 Å². The lowest BCUT2D eigenvalue weighted by Gasteiger charge is -2.47. The highest BCUT2D eigenvalue weighted by molar-refractivity contribution is 5.50. The van der Waals surface area contributed by atoms with Gasteiger partial charge in [0.1, 0.15) is 0 Å². The highest BCUT2D eigenvalue weighted by Gasteiger charge is 2.32. The molecule has 3 heteroatoms. The summed E-state index contributed by atoms with van der Waals surface area (Å²) in [4.78, 5) is 5.02. The maximum Gasteiger partial charge on any atom is 0.0594 e. The molecule has 2 aliphatic rings. The van der Waals surface area contributed by atoms with Crippen molar-refractivity contribution in [3.05, 3.63) is 29.8 Å². The van der Waals surface area contributed by atoms with E-state index in [9.17, 15) is 0 Å². The van der Waals surface area contributed by atoms with Crippen LogP contribution >= 0.6 is 0 Å². The van der Waals surface area contributed by atoms with E-state index in [-0.39, 0.29) is 0 Å². The predicted octanol–water partition coefficient (Wildman–Crippen LogP) is 1.52. The molecule has 0 bridgehead atoms. The third kappa shape index (κ3) is 2.31. The van der Waals surface area contributed by atoms with Crippen LogP contribution in [0.1, 0.15) is 5.56 Å². The van der Waals surface area contributed by atoms with Crippen LogP contribution in [-0.2, 0) is 4.74 Å². The van der Waals surface area contributed by atoms with E-state index in [0.717, 1.165) is 32.3 Å². The van der Waals surface area contributed by atoms with Gasteiger partial charge in [-0.3, -0.25) is 4.90 Å². The zero-order chi connectivity index (χ0) is 11.7. The minimum Gasteiger partial charge on any atom is -0.379 e. The second-order valence-corrected chi connectivity index (χ2v) is 5.04. The molecule has 2 aliphatic heterocycles. The molecule has 0 unspecified atom stereocenters. The van der Waals surface area contributed by atoms with Crippen molar-refractivity contribution < 1.29 is 4.74 Å². The van der Waals surface area contributed by atoms with Gasteiger partial charge in [-0.2, -0.15) is 0 Å². The average molecular weight is 232 g/mol. The van der Waals surface area contributed by atoms with Crippen molar-refractivity contribution in [3.8, 4) is 0 Å². The highest BCUT2D eigenvalue weighted by Crippen LogP contribution is 2.24. The van der Waals surface area contributed by atoms with Crippen molar-refractivity contribution in [2.24, 2.45) is 0 Å².